The number of carboxylic acid groups (broad SMARTS) is 1. The van der Waals surface area contributed by atoms with E-state index in [0.29, 0.717) is 67.3 Å². The fourth-order valence-corrected chi connectivity index (χ4v) is 10.1. The summed E-state index contributed by atoms with van der Waals surface area (Å²) in [7, 11) is 0. The molecule has 2 heterocycles. The zero-order chi connectivity index (χ0) is 42.8. The topological polar surface area (TPSA) is 213 Å². The summed E-state index contributed by atoms with van der Waals surface area (Å²) in [6, 6.07) is 15.7. The molecule has 9 unspecified atom stereocenters. The van der Waals surface area contributed by atoms with Crippen molar-refractivity contribution < 1.29 is 40.5 Å². The first kappa shape index (κ1) is 45.0. The number of phenols is 2. The molecule has 3 aliphatic rings. The van der Waals surface area contributed by atoms with Crippen LogP contribution in [0.3, 0.4) is 0 Å². The van der Waals surface area contributed by atoms with Crippen LogP contribution >= 0.6 is 0 Å². The molecule has 326 valence electrons. The summed E-state index contributed by atoms with van der Waals surface area (Å²) in [4.78, 5) is 15.9. The lowest BCUT2D eigenvalue weighted by atomic mass is 9.79. The summed E-state index contributed by atoms with van der Waals surface area (Å²) in [6.45, 7) is 2.79. The summed E-state index contributed by atoms with van der Waals surface area (Å²) in [5, 5.41) is 81.0. The Morgan fingerprint density at radius 1 is 0.917 bits per heavy atom. The number of carbonyl (C=O) groups is 1. The molecule has 2 aromatic carbocycles. The van der Waals surface area contributed by atoms with E-state index in [1.807, 2.05) is 42.5 Å². The monoisotopic (exact) mass is 825 g/mol. The summed E-state index contributed by atoms with van der Waals surface area (Å²) in [5.41, 5.74) is 8.83. The smallest absolute Gasteiger partial charge is 0.309 e. The summed E-state index contributed by atoms with van der Waals surface area (Å²) in [6.07, 6.45) is 16.2. The van der Waals surface area contributed by atoms with Crippen molar-refractivity contribution in [2.45, 2.75) is 127 Å². The van der Waals surface area contributed by atoms with Crippen molar-refractivity contribution in [3.05, 3.63) is 96.0 Å². The summed E-state index contributed by atoms with van der Waals surface area (Å²) in [5.74, 6) is -1.84. The van der Waals surface area contributed by atoms with Crippen molar-refractivity contribution in [1.82, 2.24) is 10.3 Å². The third-order valence-electron chi connectivity index (χ3n) is 13.3. The maximum atomic E-state index is 12.6. The van der Waals surface area contributed by atoms with Gasteiger partial charge >= 0.3 is 5.97 Å². The number of aromatic amines is 1. The van der Waals surface area contributed by atoms with Gasteiger partial charge in [-0.3, -0.25) is 4.79 Å². The maximum absolute atomic E-state index is 12.6. The molecule has 0 radical (unpaired) electrons. The predicted molar refractivity (Wildman–Crippen MR) is 234 cm³/mol. The van der Waals surface area contributed by atoms with Gasteiger partial charge in [-0.05, 0) is 105 Å². The molecule has 0 spiro atoms. The highest BCUT2D eigenvalue weighted by atomic mass is 16.4. The van der Waals surface area contributed by atoms with Gasteiger partial charge in [-0.1, -0.05) is 94.0 Å². The van der Waals surface area contributed by atoms with E-state index in [-0.39, 0.29) is 42.3 Å². The highest BCUT2D eigenvalue weighted by Crippen LogP contribution is 2.51. The Morgan fingerprint density at radius 3 is 2.37 bits per heavy atom. The third-order valence-corrected chi connectivity index (χ3v) is 13.3. The van der Waals surface area contributed by atoms with Crippen molar-refractivity contribution in [1.29, 1.82) is 0 Å². The Bertz CT molecular complexity index is 1940. The van der Waals surface area contributed by atoms with E-state index in [1.165, 1.54) is 37.5 Å². The number of allylic oxidation sites excluding steroid dienone is 3. The Morgan fingerprint density at radius 2 is 1.67 bits per heavy atom. The predicted octanol–water partition coefficient (Wildman–Crippen LogP) is 8.20. The van der Waals surface area contributed by atoms with Crippen molar-refractivity contribution in [3.8, 4) is 33.9 Å². The van der Waals surface area contributed by atoms with Crippen molar-refractivity contribution in [2.75, 3.05) is 6.54 Å². The second-order valence-corrected chi connectivity index (χ2v) is 17.8. The minimum Gasteiger partial charge on any atom is -0.508 e. The number of dihydropyridines is 1. The fourth-order valence-electron chi connectivity index (χ4n) is 10.1. The molecule has 2 aliphatic carbocycles. The van der Waals surface area contributed by atoms with Gasteiger partial charge in [-0.15, -0.1) is 0 Å². The molecule has 0 saturated heterocycles. The van der Waals surface area contributed by atoms with Crippen LogP contribution in [0, 0.1) is 29.6 Å². The van der Waals surface area contributed by atoms with Crippen LogP contribution in [0.1, 0.15) is 115 Å². The van der Waals surface area contributed by atoms with Gasteiger partial charge in [-0.25, -0.2) is 0 Å². The minimum absolute atomic E-state index is 0.0222. The van der Waals surface area contributed by atoms with Crippen LogP contribution in [-0.4, -0.2) is 71.1 Å². The quantitative estimate of drug-likeness (QED) is 0.0367. The van der Waals surface area contributed by atoms with E-state index in [4.69, 9.17) is 5.73 Å². The van der Waals surface area contributed by atoms with E-state index in [2.05, 4.69) is 35.5 Å². The number of aliphatic hydroxyl groups is 4. The third kappa shape index (κ3) is 11.6. The van der Waals surface area contributed by atoms with Crippen molar-refractivity contribution in [3.63, 3.8) is 0 Å². The first-order valence-corrected chi connectivity index (χ1v) is 22.2. The molecule has 60 heavy (non-hydrogen) atoms. The molecule has 1 saturated carbocycles. The number of H-pyrrole nitrogens is 1. The van der Waals surface area contributed by atoms with E-state index in [0.717, 1.165) is 48.8 Å². The number of aliphatic hydroxyl groups excluding tert-OH is 3. The van der Waals surface area contributed by atoms with Gasteiger partial charge in [0.2, 0.25) is 0 Å². The van der Waals surface area contributed by atoms with E-state index in [1.54, 1.807) is 0 Å². The number of aliphatic carboxylic acids is 1. The SMILES string of the molecule is CCCCCC1C=CC(CCCCCC(C(=O)O)C(O)CCC2(O)CC(CC3=CCNC(N)=C3)CC2C(O)c2cc(-c3ccccc3)c(-c3cc(O)cc(O)c3)[nH]2)C(O)C1. The fraction of sp³-hybridized carbons (Fsp3) is 0.531. The second kappa shape index (κ2) is 20.8. The second-order valence-electron chi connectivity index (χ2n) is 17.8. The maximum Gasteiger partial charge on any atom is 0.309 e. The number of carboxylic acids is 1. The lowest BCUT2D eigenvalue weighted by Gasteiger charge is -2.34. The molecule has 11 heteroatoms. The number of nitrogens with one attached hydrogen (secondary N) is 2. The molecular weight excluding hydrogens is 759 g/mol. The average Bonchev–Trinajstić information content (AvgIpc) is 3.80. The number of aromatic hydroxyl groups is 2. The first-order chi connectivity index (χ1) is 28.8. The van der Waals surface area contributed by atoms with E-state index >= 15 is 0 Å². The molecule has 3 aromatic rings. The minimum atomic E-state index is -1.43. The molecule has 1 fully saturated rings. The summed E-state index contributed by atoms with van der Waals surface area (Å²) >= 11 is 0. The van der Waals surface area contributed by atoms with E-state index in [9.17, 15) is 40.5 Å². The first-order valence-electron chi connectivity index (χ1n) is 22.2. The largest absolute Gasteiger partial charge is 0.508 e. The number of phenolic OH excluding ortho intramolecular Hbond substituents is 2. The van der Waals surface area contributed by atoms with Crippen LogP contribution in [0.5, 0.6) is 11.5 Å². The van der Waals surface area contributed by atoms with Crippen LogP contribution in [0.25, 0.3) is 22.4 Å². The number of hydrogen-bond acceptors (Lipinski definition) is 9. The Labute approximate surface area is 354 Å². The van der Waals surface area contributed by atoms with Crippen LogP contribution in [0.15, 0.2) is 90.3 Å². The van der Waals surface area contributed by atoms with Crippen molar-refractivity contribution >= 4 is 5.97 Å². The Kier molecular flexibility index (Phi) is 15.6. The highest BCUT2D eigenvalue weighted by molar-refractivity contribution is 5.83. The molecule has 0 bridgehead atoms. The molecule has 1 aromatic heterocycles. The molecule has 11 N–H and O–H groups in total. The Hall–Kier alpha value is -4.55. The summed E-state index contributed by atoms with van der Waals surface area (Å²) < 4.78 is 0. The molecule has 0 amide bonds. The lowest BCUT2D eigenvalue weighted by Crippen LogP contribution is -2.39. The highest BCUT2D eigenvalue weighted by Gasteiger charge is 2.50. The van der Waals surface area contributed by atoms with Gasteiger partial charge < -0.3 is 51.8 Å². The molecular formula is C49H67N3O8. The average molecular weight is 826 g/mol. The zero-order valence-corrected chi connectivity index (χ0v) is 35.1. The normalized spacial score (nSPS) is 25.6. The van der Waals surface area contributed by atoms with Gasteiger partial charge in [0.1, 0.15) is 11.5 Å². The molecule has 1 aliphatic heterocycles. The zero-order valence-electron chi connectivity index (χ0n) is 35.1. The molecule has 6 rings (SSSR count). The van der Waals surface area contributed by atoms with Crippen LogP contribution in [0.2, 0.25) is 0 Å². The number of hydrogen-bond donors (Lipinski definition) is 10. The van der Waals surface area contributed by atoms with Gasteiger partial charge in [0, 0.05) is 41.3 Å². The number of rotatable bonds is 21. The lowest BCUT2D eigenvalue weighted by molar-refractivity contribution is -0.147. The number of aromatic nitrogens is 1. The van der Waals surface area contributed by atoms with Crippen LogP contribution < -0.4 is 11.1 Å². The van der Waals surface area contributed by atoms with Crippen LogP contribution in [-0.2, 0) is 4.79 Å². The molecule has 9 atom stereocenters. The number of unbranched alkanes of at least 4 members (excludes halogenated alkanes) is 4. The standard InChI is InChI=1S/C49H67N3O8/c1-2-3-6-11-31-16-17-35(44(56)24-31)14-9-5-10-15-39(48(58)59)43(55)18-20-49(60)30-33(22-32-19-21-51-45(50)25-32)23-41(49)47(57)42-29-40(34-12-7-4-8-13-34)46(52-42)36-26-37(53)28-38(54)27-36/h4,7-8,12-13,16-17,19,25-29,31,33,35,39,41,43-44,47,51-57,60H,2-3,5-6,9-11,14-15,18,20-24,30,50H2,1H3,(H,58,59). The Balaban J connectivity index is 1.14. The molecule has 11 nitrogen and oxygen atoms in total. The number of benzene rings is 2. The van der Waals surface area contributed by atoms with E-state index < -0.39 is 35.6 Å². The van der Waals surface area contributed by atoms with Crippen LogP contribution in [0.4, 0.5) is 0 Å². The number of nitrogens with two attached hydrogens (primary N) is 1. The van der Waals surface area contributed by atoms with Gasteiger partial charge in [0.05, 0.1) is 41.3 Å². The van der Waals surface area contributed by atoms with Crippen molar-refractivity contribution in [2.24, 2.45) is 35.3 Å². The van der Waals surface area contributed by atoms with Gasteiger partial charge in [0.15, 0.2) is 0 Å². The van der Waals surface area contributed by atoms with Gasteiger partial charge in [-0.2, -0.15) is 0 Å². The van der Waals surface area contributed by atoms with Gasteiger partial charge in [0.25, 0.3) is 0 Å².